The van der Waals surface area contributed by atoms with Crippen molar-refractivity contribution < 1.29 is 18.7 Å². The van der Waals surface area contributed by atoms with Crippen molar-refractivity contribution in [3.05, 3.63) is 63.1 Å². The van der Waals surface area contributed by atoms with Crippen molar-refractivity contribution in [1.29, 1.82) is 0 Å². The van der Waals surface area contributed by atoms with Gasteiger partial charge in [0, 0.05) is 4.47 Å². The van der Waals surface area contributed by atoms with Crippen LogP contribution in [0.4, 0.5) is 4.39 Å². The van der Waals surface area contributed by atoms with Crippen LogP contribution in [0.25, 0.3) is 10.2 Å². The predicted octanol–water partition coefficient (Wildman–Crippen LogP) is 3.91. The number of rotatable bonds is 4. The number of carbonyl (C=O) groups excluding carboxylic acids is 2. The zero-order valence-corrected chi connectivity index (χ0v) is 16.1. The highest BCUT2D eigenvalue weighted by Crippen LogP contribution is 2.21. The smallest absolute Gasteiger partial charge is 0.326 e. The molecule has 0 N–H and O–H groups in total. The summed E-state index contributed by atoms with van der Waals surface area (Å²) in [4.78, 5) is 28.8. The Kier molecular flexibility index (Phi) is 5.63. The van der Waals surface area contributed by atoms with E-state index in [0.29, 0.717) is 14.7 Å². The van der Waals surface area contributed by atoms with Crippen LogP contribution in [0.2, 0.25) is 0 Å². The fraction of sp³-hybridized carbons (Fsp3) is 0.167. The molecule has 134 valence electrons. The number of hydrogen-bond donors (Lipinski definition) is 0. The monoisotopic (exact) mass is 436 g/mol. The van der Waals surface area contributed by atoms with E-state index in [1.165, 1.54) is 10.6 Å². The number of ether oxygens (including phenoxy) is 1. The lowest BCUT2D eigenvalue weighted by Crippen LogP contribution is -2.23. The predicted molar refractivity (Wildman–Crippen MR) is 100 cm³/mol. The molecule has 0 aliphatic rings. The van der Waals surface area contributed by atoms with Crippen LogP contribution in [0.1, 0.15) is 17.3 Å². The maximum absolute atomic E-state index is 14.3. The molecule has 0 aliphatic carbocycles. The molecule has 2 aromatic carbocycles. The Morgan fingerprint density at radius 1 is 1.23 bits per heavy atom. The Morgan fingerprint density at radius 3 is 2.73 bits per heavy atom. The van der Waals surface area contributed by atoms with Gasteiger partial charge in [-0.2, -0.15) is 4.99 Å². The van der Waals surface area contributed by atoms with Gasteiger partial charge in [-0.3, -0.25) is 9.59 Å². The number of fused-ring (bicyclic) bond motifs is 1. The molecule has 0 unspecified atom stereocenters. The summed E-state index contributed by atoms with van der Waals surface area (Å²) in [7, 11) is 0. The standard InChI is InChI=1S/C18H14BrFN2O3S/c1-2-25-15(23)10-22-16-13(20)8-5-9-14(16)26-18(22)21-17(24)11-6-3-4-7-12(11)19/h3-9H,2,10H2,1H3. The second kappa shape index (κ2) is 7.92. The van der Waals surface area contributed by atoms with Crippen molar-refractivity contribution in [2.75, 3.05) is 6.61 Å². The van der Waals surface area contributed by atoms with Crippen molar-refractivity contribution in [3.8, 4) is 0 Å². The molecule has 0 fully saturated rings. The fourth-order valence-corrected chi connectivity index (χ4v) is 3.93. The lowest BCUT2D eigenvalue weighted by atomic mass is 10.2. The Morgan fingerprint density at radius 2 is 2.00 bits per heavy atom. The molecule has 1 amide bonds. The minimum absolute atomic E-state index is 0.215. The second-order valence-electron chi connectivity index (χ2n) is 5.26. The van der Waals surface area contributed by atoms with Gasteiger partial charge in [-0.1, -0.05) is 29.5 Å². The third kappa shape index (κ3) is 3.76. The van der Waals surface area contributed by atoms with Gasteiger partial charge in [0.05, 0.1) is 22.4 Å². The van der Waals surface area contributed by atoms with Crippen LogP contribution >= 0.6 is 27.3 Å². The Hall–Kier alpha value is -2.32. The van der Waals surface area contributed by atoms with Gasteiger partial charge in [0.25, 0.3) is 5.91 Å². The Balaban J connectivity index is 2.15. The third-order valence-electron chi connectivity index (χ3n) is 3.55. The van der Waals surface area contributed by atoms with Gasteiger partial charge in [-0.05, 0) is 47.1 Å². The number of carbonyl (C=O) groups is 2. The highest BCUT2D eigenvalue weighted by molar-refractivity contribution is 9.10. The molecule has 1 heterocycles. The Labute approximate surface area is 160 Å². The van der Waals surface area contributed by atoms with Gasteiger partial charge < -0.3 is 9.30 Å². The van der Waals surface area contributed by atoms with E-state index in [0.717, 1.165) is 11.3 Å². The van der Waals surface area contributed by atoms with Crippen LogP contribution in [0.15, 0.2) is 51.9 Å². The van der Waals surface area contributed by atoms with Crippen molar-refractivity contribution in [2.24, 2.45) is 4.99 Å². The summed E-state index contributed by atoms with van der Waals surface area (Å²) in [6, 6.07) is 11.5. The van der Waals surface area contributed by atoms with Gasteiger partial charge in [-0.15, -0.1) is 0 Å². The molecular formula is C18H14BrFN2O3S. The maximum Gasteiger partial charge on any atom is 0.326 e. The van der Waals surface area contributed by atoms with Gasteiger partial charge in [0.1, 0.15) is 12.4 Å². The summed E-state index contributed by atoms with van der Waals surface area (Å²) in [6.07, 6.45) is 0. The summed E-state index contributed by atoms with van der Waals surface area (Å²) in [5.74, 6) is -1.50. The highest BCUT2D eigenvalue weighted by Gasteiger charge is 2.16. The molecule has 0 radical (unpaired) electrons. The summed E-state index contributed by atoms with van der Waals surface area (Å²) >= 11 is 4.46. The summed E-state index contributed by atoms with van der Waals surface area (Å²) in [6.45, 7) is 1.68. The van der Waals surface area contributed by atoms with Gasteiger partial charge in [-0.25, -0.2) is 4.39 Å². The molecule has 3 rings (SSSR count). The zero-order valence-electron chi connectivity index (χ0n) is 13.7. The van der Waals surface area contributed by atoms with E-state index in [-0.39, 0.29) is 23.5 Å². The van der Waals surface area contributed by atoms with Crippen LogP contribution < -0.4 is 4.80 Å². The first-order valence-electron chi connectivity index (χ1n) is 7.78. The van der Waals surface area contributed by atoms with Crippen molar-refractivity contribution in [1.82, 2.24) is 4.57 Å². The van der Waals surface area contributed by atoms with E-state index in [9.17, 15) is 14.0 Å². The van der Waals surface area contributed by atoms with E-state index in [4.69, 9.17) is 4.74 Å². The van der Waals surface area contributed by atoms with Gasteiger partial charge in [0.15, 0.2) is 4.80 Å². The first kappa shape index (κ1) is 18.5. The van der Waals surface area contributed by atoms with E-state index in [1.807, 2.05) is 0 Å². The van der Waals surface area contributed by atoms with Crippen LogP contribution in [0.5, 0.6) is 0 Å². The van der Waals surface area contributed by atoms with E-state index in [2.05, 4.69) is 20.9 Å². The molecule has 0 saturated heterocycles. The molecule has 8 heteroatoms. The molecule has 3 aromatic rings. The number of esters is 1. The average molecular weight is 437 g/mol. The summed E-state index contributed by atoms with van der Waals surface area (Å²) < 4.78 is 21.9. The van der Waals surface area contributed by atoms with Crippen molar-refractivity contribution in [3.63, 3.8) is 0 Å². The second-order valence-corrected chi connectivity index (χ2v) is 7.12. The third-order valence-corrected chi connectivity index (χ3v) is 5.28. The molecule has 0 atom stereocenters. The van der Waals surface area contributed by atoms with Gasteiger partial charge >= 0.3 is 5.97 Å². The number of para-hydroxylation sites is 1. The molecule has 5 nitrogen and oxygen atoms in total. The van der Waals surface area contributed by atoms with Crippen molar-refractivity contribution >= 4 is 49.4 Å². The zero-order chi connectivity index (χ0) is 18.7. The quantitative estimate of drug-likeness (QED) is 0.582. The number of thiazole rings is 1. The van der Waals surface area contributed by atoms with E-state index < -0.39 is 17.7 Å². The molecule has 0 spiro atoms. The minimum Gasteiger partial charge on any atom is -0.465 e. The molecule has 0 bridgehead atoms. The average Bonchev–Trinajstić information content (AvgIpc) is 2.94. The highest BCUT2D eigenvalue weighted by atomic mass is 79.9. The summed E-state index contributed by atoms with van der Waals surface area (Å²) in [5, 5.41) is 0. The topological polar surface area (TPSA) is 60.7 Å². The number of nitrogens with zero attached hydrogens (tertiary/aromatic N) is 2. The first-order valence-corrected chi connectivity index (χ1v) is 9.39. The number of amides is 1. The number of benzene rings is 2. The van der Waals surface area contributed by atoms with Crippen LogP contribution in [0, 0.1) is 5.82 Å². The van der Waals surface area contributed by atoms with Crippen LogP contribution in [-0.4, -0.2) is 23.1 Å². The maximum atomic E-state index is 14.3. The SMILES string of the molecule is CCOC(=O)Cn1c(=NC(=O)c2ccccc2Br)sc2cccc(F)c21. The normalized spacial score (nSPS) is 11.7. The molecule has 26 heavy (non-hydrogen) atoms. The van der Waals surface area contributed by atoms with Crippen LogP contribution in [-0.2, 0) is 16.1 Å². The summed E-state index contributed by atoms with van der Waals surface area (Å²) in [5.41, 5.74) is 0.609. The van der Waals surface area contributed by atoms with Crippen molar-refractivity contribution in [2.45, 2.75) is 13.5 Å². The number of aromatic nitrogens is 1. The lowest BCUT2D eigenvalue weighted by molar-refractivity contribution is -0.143. The lowest BCUT2D eigenvalue weighted by Gasteiger charge is -2.05. The fourth-order valence-electron chi connectivity index (χ4n) is 2.44. The largest absolute Gasteiger partial charge is 0.465 e. The minimum atomic E-state index is -0.523. The molecule has 0 aliphatic heterocycles. The molecule has 1 aromatic heterocycles. The molecular weight excluding hydrogens is 423 g/mol. The first-order chi connectivity index (χ1) is 12.5. The molecule has 0 saturated carbocycles. The van der Waals surface area contributed by atoms with E-state index in [1.54, 1.807) is 43.3 Å². The van der Waals surface area contributed by atoms with E-state index >= 15 is 0 Å². The number of hydrogen-bond acceptors (Lipinski definition) is 4. The van der Waals surface area contributed by atoms with Gasteiger partial charge in [0.2, 0.25) is 0 Å². The van der Waals surface area contributed by atoms with Crippen LogP contribution in [0.3, 0.4) is 0 Å². The Bertz CT molecular complexity index is 1060. The number of halogens is 2.